The van der Waals surface area contributed by atoms with Crippen molar-refractivity contribution in [3.05, 3.63) is 0 Å². The molecule has 0 aliphatic rings. The van der Waals surface area contributed by atoms with Crippen molar-refractivity contribution in [2.24, 2.45) is 27.9 Å². The van der Waals surface area contributed by atoms with Crippen molar-refractivity contribution < 1.29 is 29.1 Å². The molecule has 15 heteroatoms. The van der Waals surface area contributed by atoms with E-state index in [1.807, 2.05) is 0 Å². The number of guanidine groups is 1. The number of thioether (sulfide) groups is 1. The molecule has 0 bridgehead atoms. The Morgan fingerprint density at radius 1 is 0.909 bits per heavy atom. The van der Waals surface area contributed by atoms with Gasteiger partial charge in [0.15, 0.2) is 5.96 Å². The zero-order valence-corrected chi connectivity index (χ0v) is 19.4. The predicted molar refractivity (Wildman–Crippen MR) is 124 cm³/mol. The van der Waals surface area contributed by atoms with E-state index in [-0.39, 0.29) is 44.7 Å². The molecule has 0 aliphatic heterocycles. The Morgan fingerprint density at radius 3 is 1.97 bits per heavy atom. The highest BCUT2D eigenvalue weighted by atomic mass is 32.2. The van der Waals surface area contributed by atoms with Gasteiger partial charge in [-0.3, -0.25) is 24.2 Å². The monoisotopic (exact) mass is 490 g/mol. The normalized spacial score (nSPS) is 13.2. The fraction of sp³-hybridized carbons (Fsp3) is 0.667. The van der Waals surface area contributed by atoms with E-state index in [2.05, 4.69) is 20.9 Å². The quantitative estimate of drug-likeness (QED) is 0.0568. The van der Waals surface area contributed by atoms with Crippen LogP contribution < -0.4 is 38.9 Å². The Morgan fingerprint density at radius 2 is 1.48 bits per heavy atom. The van der Waals surface area contributed by atoms with Crippen molar-refractivity contribution in [2.45, 2.75) is 50.2 Å². The first-order chi connectivity index (χ1) is 15.5. The van der Waals surface area contributed by atoms with Gasteiger partial charge in [0, 0.05) is 13.0 Å². The molecule has 0 heterocycles. The maximum atomic E-state index is 12.8. The van der Waals surface area contributed by atoms with Crippen molar-refractivity contribution in [3.63, 3.8) is 0 Å². The maximum absolute atomic E-state index is 12.8. The summed E-state index contributed by atoms with van der Waals surface area (Å²) in [5, 5.41) is 16.7. The Labute approximate surface area is 196 Å². The first-order valence-electron chi connectivity index (χ1n) is 10.2. The molecule has 12 N–H and O–H groups in total. The standard InChI is InChI=1S/C18H34N8O6S/c1-33-8-6-11(16(30)26-12(17(31)32)3-2-7-23-18(21)22)25-15(29)10(4-5-13(20)27)24-14(28)9-19/h10-12H,2-9,19H2,1H3,(H2,20,27)(H,24,28)(H,25,29)(H,26,30)(H,31,32)(H4,21,22,23). The van der Waals surface area contributed by atoms with Gasteiger partial charge in [-0.2, -0.15) is 11.8 Å². The number of carboxylic acid groups (broad SMARTS) is 1. The number of nitrogens with zero attached hydrogens (tertiary/aromatic N) is 1. The van der Waals surface area contributed by atoms with Crippen LogP contribution in [0.5, 0.6) is 0 Å². The molecule has 188 valence electrons. The van der Waals surface area contributed by atoms with Gasteiger partial charge in [0.2, 0.25) is 23.6 Å². The van der Waals surface area contributed by atoms with Gasteiger partial charge in [-0.25, -0.2) is 4.79 Å². The summed E-state index contributed by atoms with van der Waals surface area (Å²) in [6.45, 7) is -0.187. The minimum absolute atomic E-state index is 0.0643. The van der Waals surface area contributed by atoms with Gasteiger partial charge >= 0.3 is 5.97 Å². The van der Waals surface area contributed by atoms with Crippen LogP contribution >= 0.6 is 11.8 Å². The lowest BCUT2D eigenvalue weighted by Gasteiger charge is -2.24. The topological polar surface area (TPSA) is 258 Å². The average Bonchev–Trinajstić information content (AvgIpc) is 2.74. The maximum Gasteiger partial charge on any atom is 0.326 e. The van der Waals surface area contributed by atoms with Crippen molar-refractivity contribution in [3.8, 4) is 0 Å². The zero-order chi connectivity index (χ0) is 25.4. The number of hydrogen-bond acceptors (Lipinski definition) is 8. The number of aliphatic carboxylic acids is 1. The Bertz CT molecular complexity index is 716. The van der Waals surface area contributed by atoms with Crippen LogP contribution in [0.4, 0.5) is 0 Å². The predicted octanol–water partition coefficient (Wildman–Crippen LogP) is -3.44. The summed E-state index contributed by atoms with van der Waals surface area (Å²) in [4.78, 5) is 63.5. The number of carboxylic acids is 1. The fourth-order valence-electron chi connectivity index (χ4n) is 2.62. The molecular weight excluding hydrogens is 456 g/mol. The number of carbonyl (C=O) groups is 5. The summed E-state index contributed by atoms with van der Waals surface area (Å²) in [7, 11) is 0. The number of amides is 4. The van der Waals surface area contributed by atoms with Crippen LogP contribution in [0, 0.1) is 0 Å². The lowest BCUT2D eigenvalue weighted by molar-refractivity contribution is -0.142. The van der Waals surface area contributed by atoms with Gasteiger partial charge in [0.05, 0.1) is 6.54 Å². The molecule has 3 atom stereocenters. The van der Waals surface area contributed by atoms with E-state index in [4.69, 9.17) is 22.9 Å². The van der Waals surface area contributed by atoms with Crippen molar-refractivity contribution in [1.82, 2.24) is 16.0 Å². The van der Waals surface area contributed by atoms with E-state index in [1.54, 1.807) is 6.26 Å². The molecule has 14 nitrogen and oxygen atoms in total. The van der Waals surface area contributed by atoms with E-state index in [0.29, 0.717) is 12.2 Å². The van der Waals surface area contributed by atoms with Crippen LogP contribution in [0.25, 0.3) is 0 Å². The summed E-state index contributed by atoms with van der Waals surface area (Å²) in [6.07, 6.45) is 2.10. The van der Waals surface area contributed by atoms with Crippen LogP contribution in [0.3, 0.4) is 0 Å². The van der Waals surface area contributed by atoms with Gasteiger partial charge in [-0.05, 0) is 37.7 Å². The van der Waals surface area contributed by atoms with E-state index in [1.165, 1.54) is 11.8 Å². The summed E-state index contributed by atoms with van der Waals surface area (Å²) in [5.41, 5.74) is 20.8. The Balaban J connectivity index is 5.30. The third-order valence-corrected chi connectivity index (χ3v) is 4.96. The smallest absolute Gasteiger partial charge is 0.326 e. The molecule has 4 amide bonds. The minimum Gasteiger partial charge on any atom is -0.480 e. The summed E-state index contributed by atoms with van der Waals surface area (Å²) in [5.74, 6) is -3.62. The van der Waals surface area contributed by atoms with Gasteiger partial charge in [0.25, 0.3) is 0 Å². The number of nitrogens with one attached hydrogen (secondary N) is 3. The number of aliphatic imine (C=N–C) groups is 1. The SMILES string of the molecule is CSCCC(NC(=O)C(CCC(N)=O)NC(=O)CN)C(=O)NC(CCCN=C(N)N)C(=O)O. The lowest BCUT2D eigenvalue weighted by Crippen LogP contribution is -2.56. The summed E-state index contributed by atoms with van der Waals surface area (Å²) >= 11 is 1.42. The Kier molecular flexibility index (Phi) is 15.0. The van der Waals surface area contributed by atoms with Gasteiger partial charge in [0.1, 0.15) is 18.1 Å². The number of hydrogen-bond donors (Lipinski definition) is 8. The van der Waals surface area contributed by atoms with E-state index < -0.39 is 47.7 Å². The summed E-state index contributed by atoms with van der Waals surface area (Å²) < 4.78 is 0. The first-order valence-corrected chi connectivity index (χ1v) is 11.6. The van der Waals surface area contributed by atoms with Crippen LogP contribution in [-0.2, 0) is 24.0 Å². The Hall–Kier alpha value is -3.07. The molecule has 0 aromatic rings. The number of nitrogens with two attached hydrogens (primary N) is 4. The lowest BCUT2D eigenvalue weighted by atomic mass is 10.1. The first kappa shape index (κ1) is 29.9. The molecule has 0 aromatic carbocycles. The number of rotatable bonds is 17. The average molecular weight is 491 g/mol. The minimum atomic E-state index is -1.25. The van der Waals surface area contributed by atoms with Crippen molar-refractivity contribution >= 4 is 47.3 Å². The third-order valence-electron chi connectivity index (χ3n) is 4.32. The molecule has 0 radical (unpaired) electrons. The molecular formula is C18H34N8O6S. The van der Waals surface area contributed by atoms with Crippen molar-refractivity contribution in [1.29, 1.82) is 0 Å². The number of carbonyl (C=O) groups excluding carboxylic acids is 4. The molecule has 33 heavy (non-hydrogen) atoms. The molecule has 3 unspecified atom stereocenters. The van der Waals surface area contributed by atoms with Crippen LogP contribution in [0.15, 0.2) is 4.99 Å². The highest BCUT2D eigenvalue weighted by Gasteiger charge is 2.29. The number of primary amides is 1. The largest absolute Gasteiger partial charge is 0.480 e. The van der Waals surface area contributed by atoms with Crippen LogP contribution in [-0.4, -0.2) is 83.9 Å². The highest BCUT2D eigenvalue weighted by Crippen LogP contribution is 2.06. The molecule has 0 saturated heterocycles. The molecule has 0 fully saturated rings. The second-order valence-corrected chi connectivity index (χ2v) is 8.01. The zero-order valence-electron chi connectivity index (χ0n) is 18.5. The molecule has 0 rings (SSSR count). The van der Waals surface area contributed by atoms with Crippen LogP contribution in [0.2, 0.25) is 0 Å². The van der Waals surface area contributed by atoms with Crippen molar-refractivity contribution in [2.75, 3.05) is 25.1 Å². The van der Waals surface area contributed by atoms with Crippen LogP contribution in [0.1, 0.15) is 32.1 Å². The molecule has 0 aliphatic carbocycles. The molecule has 0 aromatic heterocycles. The van der Waals surface area contributed by atoms with Gasteiger partial charge in [-0.15, -0.1) is 0 Å². The second kappa shape index (κ2) is 16.5. The summed E-state index contributed by atoms with van der Waals surface area (Å²) in [6, 6.07) is -3.44. The van der Waals surface area contributed by atoms with E-state index in [0.717, 1.165) is 0 Å². The van der Waals surface area contributed by atoms with Gasteiger partial charge in [-0.1, -0.05) is 0 Å². The third kappa shape index (κ3) is 13.8. The van der Waals surface area contributed by atoms with Gasteiger partial charge < -0.3 is 44.0 Å². The molecule has 0 saturated carbocycles. The van der Waals surface area contributed by atoms with E-state index >= 15 is 0 Å². The van der Waals surface area contributed by atoms with E-state index in [9.17, 15) is 29.1 Å². The fourth-order valence-corrected chi connectivity index (χ4v) is 3.09. The molecule has 0 spiro atoms. The second-order valence-electron chi connectivity index (χ2n) is 7.02. The highest BCUT2D eigenvalue weighted by molar-refractivity contribution is 7.98.